The van der Waals surface area contributed by atoms with Crippen LogP contribution in [-0.2, 0) is 3.55 Å². The zero-order valence-corrected chi connectivity index (χ0v) is 13.1. The van der Waals surface area contributed by atoms with Crippen LogP contribution in [-0.4, -0.2) is 0 Å². The molecular formula is C12H12INS2. The third-order valence-corrected chi connectivity index (χ3v) is 5.91. The molecule has 1 nitrogen and oxygen atoms in total. The van der Waals surface area contributed by atoms with Crippen LogP contribution in [0.1, 0.15) is 22.2 Å². The highest BCUT2D eigenvalue weighted by Crippen LogP contribution is 2.52. The molecule has 16 heavy (non-hydrogen) atoms. The molecule has 0 radical (unpaired) electrons. The molecule has 0 amide bonds. The Hall–Kier alpha value is -0.0700. The van der Waals surface area contributed by atoms with E-state index in [1.54, 1.807) is 0 Å². The highest BCUT2D eigenvalue weighted by Gasteiger charge is 2.34. The minimum atomic E-state index is 0.0262. The van der Waals surface area contributed by atoms with Crippen molar-refractivity contribution in [2.24, 2.45) is 0 Å². The van der Waals surface area contributed by atoms with Crippen molar-refractivity contribution >= 4 is 51.0 Å². The molecule has 3 heterocycles. The second kappa shape index (κ2) is 3.46. The highest BCUT2D eigenvalue weighted by molar-refractivity contribution is 14.1. The first-order valence-corrected chi connectivity index (χ1v) is 7.87. The van der Waals surface area contributed by atoms with Gasteiger partial charge in [0.2, 0.25) is 0 Å². The summed E-state index contributed by atoms with van der Waals surface area (Å²) < 4.78 is 0.0262. The van der Waals surface area contributed by atoms with E-state index in [0.29, 0.717) is 0 Å². The molecule has 1 aliphatic rings. The lowest BCUT2D eigenvalue weighted by atomic mass is 10.0. The van der Waals surface area contributed by atoms with E-state index in [1.807, 2.05) is 22.7 Å². The Kier molecular flexibility index (Phi) is 2.39. The highest BCUT2D eigenvalue weighted by atomic mass is 127. The van der Waals surface area contributed by atoms with E-state index in [4.69, 9.17) is 0 Å². The fourth-order valence-electron chi connectivity index (χ4n) is 2.13. The number of anilines is 1. The summed E-state index contributed by atoms with van der Waals surface area (Å²) >= 11 is 6.31. The Labute approximate surface area is 117 Å². The molecule has 4 heteroatoms. The largest absolute Gasteiger partial charge is 0.366 e. The quantitative estimate of drug-likeness (QED) is 0.390. The van der Waals surface area contributed by atoms with Crippen LogP contribution in [0.25, 0.3) is 9.75 Å². The lowest BCUT2D eigenvalue weighted by Crippen LogP contribution is -2.26. The fraction of sp³-hybridized carbons (Fsp3) is 0.333. The van der Waals surface area contributed by atoms with E-state index in [1.165, 1.54) is 30.8 Å². The molecule has 0 fully saturated rings. The SMILES string of the molecule is Cc1cc2c(s1)-c1sc(C)cc1C(C)(I)N2. The minimum Gasteiger partial charge on any atom is -0.366 e. The average molecular weight is 361 g/mol. The van der Waals surface area contributed by atoms with Gasteiger partial charge in [0, 0.05) is 15.3 Å². The predicted molar refractivity (Wildman–Crippen MR) is 82.1 cm³/mol. The molecule has 1 unspecified atom stereocenters. The van der Waals surface area contributed by atoms with Gasteiger partial charge in [0.05, 0.1) is 15.4 Å². The summed E-state index contributed by atoms with van der Waals surface area (Å²) in [4.78, 5) is 5.65. The Morgan fingerprint density at radius 2 is 1.75 bits per heavy atom. The Bertz CT molecular complexity index is 566. The van der Waals surface area contributed by atoms with Gasteiger partial charge in [-0.15, -0.1) is 22.7 Å². The van der Waals surface area contributed by atoms with Crippen LogP contribution in [0.5, 0.6) is 0 Å². The van der Waals surface area contributed by atoms with Crippen molar-refractivity contribution in [2.75, 3.05) is 5.32 Å². The molecule has 0 spiro atoms. The number of halogens is 1. The van der Waals surface area contributed by atoms with Crippen molar-refractivity contribution in [3.05, 3.63) is 27.5 Å². The third kappa shape index (κ3) is 1.54. The van der Waals surface area contributed by atoms with Gasteiger partial charge in [0.1, 0.15) is 3.55 Å². The summed E-state index contributed by atoms with van der Waals surface area (Å²) in [5.74, 6) is 0. The Morgan fingerprint density at radius 3 is 2.50 bits per heavy atom. The van der Waals surface area contributed by atoms with Gasteiger partial charge in [0.15, 0.2) is 0 Å². The van der Waals surface area contributed by atoms with Gasteiger partial charge in [-0.05, 0) is 55.5 Å². The number of thiophene rings is 2. The molecule has 0 saturated carbocycles. The molecule has 1 N–H and O–H groups in total. The maximum atomic E-state index is 3.63. The van der Waals surface area contributed by atoms with E-state index >= 15 is 0 Å². The number of alkyl halides is 1. The van der Waals surface area contributed by atoms with Crippen molar-refractivity contribution in [1.82, 2.24) is 0 Å². The lowest BCUT2D eigenvalue weighted by Gasteiger charge is -2.30. The fourth-order valence-corrected chi connectivity index (χ4v) is 5.27. The smallest absolute Gasteiger partial charge is 0.113 e. The number of nitrogens with one attached hydrogen (secondary N) is 1. The van der Waals surface area contributed by atoms with Gasteiger partial charge >= 0.3 is 0 Å². The third-order valence-electron chi connectivity index (χ3n) is 2.79. The van der Waals surface area contributed by atoms with Crippen LogP contribution in [0.4, 0.5) is 5.69 Å². The van der Waals surface area contributed by atoms with Gasteiger partial charge < -0.3 is 5.32 Å². The molecule has 0 saturated heterocycles. The summed E-state index contributed by atoms with van der Waals surface area (Å²) in [5.41, 5.74) is 2.73. The van der Waals surface area contributed by atoms with Crippen molar-refractivity contribution < 1.29 is 0 Å². The molecule has 0 bridgehead atoms. The van der Waals surface area contributed by atoms with Gasteiger partial charge in [-0.3, -0.25) is 0 Å². The maximum Gasteiger partial charge on any atom is 0.113 e. The molecule has 3 rings (SSSR count). The van der Waals surface area contributed by atoms with Gasteiger partial charge in [-0.1, -0.05) is 0 Å². The van der Waals surface area contributed by atoms with Gasteiger partial charge in [0.25, 0.3) is 0 Å². The molecule has 84 valence electrons. The van der Waals surface area contributed by atoms with Crippen LogP contribution < -0.4 is 5.32 Å². The normalized spacial score (nSPS) is 22.5. The number of hydrogen-bond acceptors (Lipinski definition) is 3. The van der Waals surface area contributed by atoms with E-state index in [0.717, 1.165) is 0 Å². The maximum absolute atomic E-state index is 3.63. The molecular weight excluding hydrogens is 349 g/mol. The zero-order valence-electron chi connectivity index (χ0n) is 9.35. The Balaban J connectivity index is 2.32. The molecule has 1 atom stereocenters. The topological polar surface area (TPSA) is 12.0 Å². The van der Waals surface area contributed by atoms with Crippen LogP contribution >= 0.6 is 45.3 Å². The first kappa shape index (κ1) is 11.0. The standard InChI is InChI=1S/C12H12INS2/c1-6-4-8-10(15-6)11-9(5-7(2)16-11)14-12(8,3)13/h4-5,14H,1-3H3. The van der Waals surface area contributed by atoms with Crippen LogP contribution in [0, 0.1) is 13.8 Å². The zero-order chi connectivity index (χ0) is 11.5. The van der Waals surface area contributed by atoms with Crippen LogP contribution in [0.15, 0.2) is 12.1 Å². The lowest BCUT2D eigenvalue weighted by molar-refractivity contribution is 0.845. The van der Waals surface area contributed by atoms with Crippen molar-refractivity contribution in [3.8, 4) is 9.75 Å². The summed E-state index contributed by atoms with van der Waals surface area (Å²) in [5, 5.41) is 3.63. The first-order chi connectivity index (χ1) is 7.47. The van der Waals surface area contributed by atoms with Crippen LogP contribution in [0.3, 0.4) is 0 Å². The van der Waals surface area contributed by atoms with Crippen molar-refractivity contribution in [2.45, 2.75) is 24.3 Å². The second-order valence-corrected chi connectivity index (χ2v) is 9.00. The van der Waals surface area contributed by atoms with Gasteiger partial charge in [-0.25, -0.2) is 0 Å². The average Bonchev–Trinajstić information content (AvgIpc) is 2.68. The van der Waals surface area contributed by atoms with Crippen LogP contribution in [0.2, 0.25) is 0 Å². The van der Waals surface area contributed by atoms with Crippen molar-refractivity contribution in [3.63, 3.8) is 0 Å². The molecule has 1 aliphatic heterocycles. The number of hydrogen-bond donors (Lipinski definition) is 1. The van der Waals surface area contributed by atoms with E-state index < -0.39 is 0 Å². The number of aryl methyl sites for hydroxylation is 2. The molecule has 0 aromatic carbocycles. The monoisotopic (exact) mass is 361 g/mol. The first-order valence-electron chi connectivity index (χ1n) is 5.16. The Morgan fingerprint density at radius 1 is 1.12 bits per heavy atom. The molecule has 2 aromatic rings. The number of rotatable bonds is 0. The molecule has 2 aromatic heterocycles. The van der Waals surface area contributed by atoms with E-state index in [2.05, 4.69) is 60.8 Å². The summed E-state index contributed by atoms with van der Waals surface area (Å²) in [6, 6.07) is 4.58. The summed E-state index contributed by atoms with van der Waals surface area (Å²) in [6.07, 6.45) is 0. The second-order valence-electron chi connectivity index (χ2n) is 4.33. The predicted octanol–water partition coefficient (Wildman–Crippen LogP) is 5.13. The number of fused-ring (bicyclic) bond motifs is 3. The van der Waals surface area contributed by atoms with Gasteiger partial charge in [-0.2, -0.15) is 0 Å². The summed E-state index contributed by atoms with van der Waals surface area (Å²) in [7, 11) is 0. The molecule has 0 aliphatic carbocycles. The van der Waals surface area contributed by atoms with Crippen molar-refractivity contribution in [1.29, 1.82) is 0 Å². The van der Waals surface area contributed by atoms with E-state index in [9.17, 15) is 0 Å². The minimum absolute atomic E-state index is 0.0262. The summed E-state index contributed by atoms with van der Waals surface area (Å²) in [6.45, 7) is 6.61. The van der Waals surface area contributed by atoms with E-state index in [-0.39, 0.29) is 3.55 Å².